The Bertz CT molecular complexity index is 350. The minimum Gasteiger partial charge on any atom is -0.444 e. The Balaban J connectivity index is 1.71. The number of rotatable bonds is 5. The lowest BCUT2D eigenvalue weighted by Gasteiger charge is -2.32. The average molecular weight is 251 g/mol. The molecule has 1 saturated heterocycles. The Hall–Kier alpha value is -0.870. The summed E-state index contributed by atoms with van der Waals surface area (Å²) in [6.07, 6.45) is 4.09. The quantitative estimate of drug-likeness (QED) is 0.871. The van der Waals surface area contributed by atoms with Crippen LogP contribution in [0.2, 0.25) is 0 Å². The van der Waals surface area contributed by atoms with Crippen LogP contribution in [-0.4, -0.2) is 35.6 Å². The highest BCUT2D eigenvalue weighted by Gasteiger charge is 2.16. The molecular formula is C14H25N3O. The van der Waals surface area contributed by atoms with E-state index < -0.39 is 0 Å². The molecule has 0 aromatic carbocycles. The molecule has 0 amide bonds. The SMILES string of the molecule is Cc1nc(CNCC(C)N2CCCCC2)oc1C. The predicted molar refractivity (Wildman–Crippen MR) is 72.6 cm³/mol. The maximum atomic E-state index is 5.55. The van der Waals surface area contributed by atoms with Gasteiger partial charge >= 0.3 is 0 Å². The first-order valence-electron chi connectivity index (χ1n) is 7.04. The van der Waals surface area contributed by atoms with Crippen molar-refractivity contribution in [3.05, 3.63) is 17.3 Å². The first kappa shape index (κ1) is 13.6. The second-order valence-electron chi connectivity index (χ2n) is 5.33. The molecule has 1 N–H and O–H groups in total. The van der Waals surface area contributed by atoms with Gasteiger partial charge in [-0.2, -0.15) is 0 Å². The first-order valence-corrected chi connectivity index (χ1v) is 7.04. The highest BCUT2D eigenvalue weighted by Crippen LogP contribution is 2.12. The highest BCUT2D eigenvalue weighted by atomic mass is 16.4. The molecule has 1 fully saturated rings. The first-order chi connectivity index (χ1) is 8.66. The Morgan fingerprint density at radius 3 is 2.61 bits per heavy atom. The Morgan fingerprint density at radius 1 is 1.28 bits per heavy atom. The molecule has 1 unspecified atom stereocenters. The lowest BCUT2D eigenvalue weighted by molar-refractivity contribution is 0.170. The minimum atomic E-state index is 0.599. The van der Waals surface area contributed by atoms with Gasteiger partial charge in [-0.3, -0.25) is 4.90 Å². The summed E-state index contributed by atoms with van der Waals surface area (Å²) in [6, 6.07) is 0.599. The molecule has 102 valence electrons. The summed E-state index contributed by atoms with van der Waals surface area (Å²) in [7, 11) is 0. The van der Waals surface area contributed by atoms with Crippen molar-refractivity contribution < 1.29 is 4.42 Å². The van der Waals surface area contributed by atoms with E-state index in [0.717, 1.165) is 30.4 Å². The number of piperidine rings is 1. The van der Waals surface area contributed by atoms with Crippen LogP contribution < -0.4 is 5.32 Å². The van der Waals surface area contributed by atoms with Crippen molar-refractivity contribution in [3.63, 3.8) is 0 Å². The van der Waals surface area contributed by atoms with Gasteiger partial charge in [-0.15, -0.1) is 0 Å². The summed E-state index contributed by atoms with van der Waals surface area (Å²) in [4.78, 5) is 6.95. The molecule has 18 heavy (non-hydrogen) atoms. The number of nitrogens with one attached hydrogen (secondary N) is 1. The van der Waals surface area contributed by atoms with Crippen molar-refractivity contribution >= 4 is 0 Å². The van der Waals surface area contributed by atoms with Gasteiger partial charge in [0.15, 0.2) is 0 Å². The van der Waals surface area contributed by atoms with Crippen LogP contribution in [0.25, 0.3) is 0 Å². The van der Waals surface area contributed by atoms with E-state index in [1.807, 2.05) is 13.8 Å². The summed E-state index contributed by atoms with van der Waals surface area (Å²) in [6.45, 7) is 10.5. The van der Waals surface area contributed by atoms with Crippen LogP contribution in [0, 0.1) is 13.8 Å². The molecule has 1 aliphatic heterocycles. The molecule has 1 aromatic heterocycles. The lowest BCUT2D eigenvalue weighted by Crippen LogP contribution is -2.42. The molecule has 1 aliphatic rings. The van der Waals surface area contributed by atoms with Crippen LogP contribution in [0.1, 0.15) is 43.5 Å². The zero-order chi connectivity index (χ0) is 13.0. The van der Waals surface area contributed by atoms with Crippen molar-refractivity contribution in [1.82, 2.24) is 15.2 Å². The summed E-state index contributed by atoms with van der Waals surface area (Å²) >= 11 is 0. The maximum Gasteiger partial charge on any atom is 0.208 e. The van der Waals surface area contributed by atoms with Gasteiger partial charge < -0.3 is 9.73 Å². The molecule has 1 atom stereocenters. The Kier molecular flexibility index (Phi) is 4.78. The van der Waals surface area contributed by atoms with Crippen molar-refractivity contribution in [1.29, 1.82) is 0 Å². The molecule has 0 spiro atoms. The fraction of sp³-hybridized carbons (Fsp3) is 0.786. The molecule has 4 heteroatoms. The maximum absolute atomic E-state index is 5.55. The van der Waals surface area contributed by atoms with E-state index in [9.17, 15) is 0 Å². The number of hydrogen-bond acceptors (Lipinski definition) is 4. The molecule has 0 aliphatic carbocycles. The molecule has 0 bridgehead atoms. The van der Waals surface area contributed by atoms with Crippen LogP contribution in [0.15, 0.2) is 4.42 Å². The van der Waals surface area contributed by atoms with Crippen LogP contribution in [-0.2, 0) is 6.54 Å². The third-order valence-electron chi connectivity index (χ3n) is 3.80. The van der Waals surface area contributed by atoms with Gasteiger partial charge in [-0.25, -0.2) is 4.98 Å². The largest absolute Gasteiger partial charge is 0.444 e. The number of aryl methyl sites for hydroxylation is 2. The van der Waals surface area contributed by atoms with Gasteiger partial charge in [0.05, 0.1) is 12.2 Å². The number of likely N-dealkylation sites (tertiary alicyclic amines) is 1. The number of aromatic nitrogens is 1. The predicted octanol–water partition coefficient (Wildman–Crippen LogP) is 2.26. The van der Waals surface area contributed by atoms with E-state index in [0.29, 0.717) is 6.04 Å². The second kappa shape index (κ2) is 6.34. The van der Waals surface area contributed by atoms with E-state index in [1.54, 1.807) is 0 Å². The second-order valence-corrected chi connectivity index (χ2v) is 5.33. The fourth-order valence-corrected chi connectivity index (χ4v) is 2.49. The van der Waals surface area contributed by atoms with Gasteiger partial charge in [0.25, 0.3) is 0 Å². The van der Waals surface area contributed by atoms with Crippen molar-refractivity contribution in [2.45, 2.75) is 52.6 Å². The van der Waals surface area contributed by atoms with Gasteiger partial charge in [0.1, 0.15) is 5.76 Å². The average Bonchev–Trinajstić information content (AvgIpc) is 2.69. The van der Waals surface area contributed by atoms with Gasteiger partial charge in [0, 0.05) is 12.6 Å². The van der Waals surface area contributed by atoms with Crippen molar-refractivity contribution in [3.8, 4) is 0 Å². The summed E-state index contributed by atoms with van der Waals surface area (Å²) in [5, 5.41) is 3.44. The van der Waals surface area contributed by atoms with Crippen molar-refractivity contribution in [2.75, 3.05) is 19.6 Å². The monoisotopic (exact) mass is 251 g/mol. The standard InChI is InChI=1S/C14H25N3O/c1-11(17-7-5-4-6-8-17)9-15-10-14-16-12(2)13(3)18-14/h11,15H,4-10H2,1-3H3. The fourth-order valence-electron chi connectivity index (χ4n) is 2.49. The molecule has 2 heterocycles. The molecule has 2 rings (SSSR count). The normalized spacial score (nSPS) is 19.1. The third kappa shape index (κ3) is 3.56. The third-order valence-corrected chi connectivity index (χ3v) is 3.80. The number of hydrogen-bond donors (Lipinski definition) is 1. The minimum absolute atomic E-state index is 0.599. The van der Waals surface area contributed by atoms with E-state index in [4.69, 9.17) is 4.42 Å². The van der Waals surface area contributed by atoms with E-state index in [1.165, 1.54) is 32.4 Å². The molecule has 4 nitrogen and oxygen atoms in total. The highest BCUT2D eigenvalue weighted by molar-refractivity contribution is 5.05. The van der Waals surface area contributed by atoms with Crippen LogP contribution >= 0.6 is 0 Å². The smallest absolute Gasteiger partial charge is 0.208 e. The van der Waals surface area contributed by atoms with E-state index in [2.05, 4.69) is 22.1 Å². The summed E-state index contributed by atoms with van der Waals surface area (Å²) < 4.78 is 5.55. The topological polar surface area (TPSA) is 41.3 Å². The van der Waals surface area contributed by atoms with Gasteiger partial charge in [-0.05, 0) is 46.7 Å². The van der Waals surface area contributed by atoms with Crippen molar-refractivity contribution in [2.24, 2.45) is 0 Å². The number of nitrogens with zero attached hydrogens (tertiary/aromatic N) is 2. The molecular weight excluding hydrogens is 226 g/mol. The van der Waals surface area contributed by atoms with E-state index in [-0.39, 0.29) is 0 Å². The Morgan fingerprint density at radius 2 is 2.00 bits per heavy atom. The molecule has 0 saturated carbocycles. The van der Waals surface area contributed by atoms with Gasteiger partial charge in [0.2, 0.25) is 5.89 Å². The number of oxazole rings is 1. The molecule has 0 radical (unpaired) electrons. The van der Waals surface area contributed by atoms with Gasteiger partial charge in [-0.1, -0.05) is 6.42 Å². The van der Waals surface area contributed by atoms with E-state index >= 15 is 0 Å². The zero-order valence-electron chi connectivity index (χ0n) is 11.8. The summed E-state index contributed by atoms with van der Waals surface area (Å²) in [5.74, 6) is 1.73. The van der Waals surface area contributed by atoms with Crippen LogP contribution in [0.4, 0.5) is 0 Å². The molecule has 1 aromatic rings. The van der Waals surface area contributed by atoms with Crippen LogP contribution in [0.5, 0.6) is 0 Å². The van der Waals surface area contributed by atoms with Crippen LogP contribution in [0.3, 0.4) is 0 Å². The zero-order valence-corrected chi connectivity index (χ0v) is 11.8. The Labute approximate surface area is 110 Å². The summed E-state index contributed by atoms with van der Waals surface area (Å²) in [5.41, 5.74) is 0.996. The lowest BCUT2D eigenvalue weighted by atomic mass is 10.1.